The van der Waals surface area contributed by atoms with Gasteiger partial charge >= 0.3 is 10.1 Å². The predicted octanol–water partition coefficient (Wildman–Crippen LogP) is 3.61. The minimum Gasteiger partial charge on any atom is -0.468 e. The SMILES string of the molecule is NC1=C(OS(=O)(=O)Cc2cccc(F)c2)CC(c2ccc(Cl)cc2)O1. The quantitative estimate of drug-likeness (QED) is 0.798. The van der Waals surface area contributed by atoms with Gasteiger partial charge in [-0.2, -0.15) is 8.42 Å². The molecule has 2 aromatic carbocycles. The van der Waals surface area contributed by atoms with Gasteiger partial charge < -0.3 is 14.7 Å². The second-order valence-corrected chi connectivity index (χ2v) is 7.57. The van der Waals surface area contributed by atoms with Crippen molar-refractivity contribution in [2.24, 2.45) is 5.73 Å². The Morgan fingerprint density at radius 1 is 1.24 bits per heavy atom. The summed E-state index contributed by atoms with van der Waals surface area (Å²) in [6.07, 6.45) is -0.271. The Bertz CT molecular complexity index is 913. The summed E-state index contributed by atoms with van der Waals surface area (Å²) in [5.74, 6) is -1.02. The molecule has 1 atom stereocenters. The zero-order valence-corrected chi connectivity index (χ0v) is 14.6. The van der Waals surface area contributed by atoms with Crippen molar-refractivity contribution in [2.75, 3.05) is 0 Å². The number of rotatable bonds is 5. The van der Waals surface area contributed by atoms with Gasteiger partial charge in [0.1, 0.15) is 17.7 Å². The van der Waals surface area contributed by atoms with Crippen molar-refractivity contribution in [3.63, 3.8) is 0 Å². The minimum atomic E-state index is -3.99. The van der Waals surface area contributed by atoms with Gasteiger partial charge in [0.2, 0.25) is 5.88 Å². The molecule has 5 nitrogen and oxygen atoms in total. The van der Waals surface area contributed by atoms with E-state index in [0.717, 1.165) is 11.6 Å². The zero-order chi connectivity index (χ0) is 18.0. The number of halogens is 2. The first kappa shape index (κ1) is 17.6. The third-order valence-corrected chi connectivity index (χ3v) is 5.01. The molecule has 1 aliphatic rings. The third kappa shape index (κ3) is 4.43. The monoisotopic (exact) mass is 383 g/mol. The summed E-state index contributed by atoms with van der Waals surface area (Å²) in [5, 5.41) is 0.580. The molecule has 8 heteroatoms. The number of hydrogen-bond donors (Lipinski definition) is 1. The van der Waals surface area contributed by atoms with E-state index in [1.54, 1.807) is 24.3 Å². The van der Waals surface area contributed by atoms with Gasteiger partial charge in [0, 0.05) is 5.02 Å². The zero-order valence-electron chi connectivity index (χ0n) is 13.0. The molecular weight excluding hydrogens is 369 g/mol. The van der Waals surface area contributed by atoms with Crippen LogP contribution in [0.5, 0.6) is 0 Å². The van der Waals surface area contributed by atoms with E-state index in [1.165, 1.54) is 18.2 Å². The molecule has 3 rings (SSSR count). The van der Waals surface area contributed by atoms with Gasteiger partial charge in [-0.3, -0.25) is 0 Å². The Kier molecular flexibility index (Phi) is 4.87. The molecule has 0 spiro atoms. The Labute approximate surface area is 149 Å². The van der Waals surface area contributed by atoms with Gasteiger partial charge in [0.15, 0.2) is 5.76 Å². The largest absolute Gasteiger partial charge is 0.468 e. The fourth-order valence-corrected chi connectivity index (χ4v) is 3.71. The number of ether oxygens (including phenoxy) is 1. The van der Waals surface area contributed by atoms with E-state index in [0.29, 0.717) is 5.02 Å². The molecular formula is C17H15ClFNO4S. The van der Waals surface area contributed by atoms with Crippen LogP contribution in [0.3, 0.4) is 0 Å². The summed E-state index contributed by atoms with van der Waals surface area (Å²) in [4.78, 5) is 0. The van der Waals surface area contributed by atoms with Crippen LogP contribution in [0.2, 0.25) is 5.02 Å². The molecule has 0 aliphatic carbocycles. The average molecular weight is 384 g/mol. The third-order valence-electron chi connectivity index (χ3n) is 3.62. The molecule has 2 N–H and O–H groups in total. The summed E-state index contributed by atoms with van der Waals surface area (Å²) >= 11 is 5.84. The molecule has 0 amide bonds. The normalized spacial score (nSPS) is 17.4. The van der Waals surface area contributed by atoms with Crippen molar-refractivity contribution >= 4 is 21.7 Å². The van der Waals surface area contributed by atoms with Gasteiger partial charge in [0.05, 0.1) is 6.42 Å². The maximum Gasteiger partial charge on any atom is 0.313 e. The van der Waals surface area contributed by atoms with E-state index >= 15 is 0 Å². The van der Waals surface area contributed by atoms with Gasteiger partial charge in [-0.1, -0.05) is 35.9 Å². The standard InChI is InChI=1S/C17H15ClFNO4S/c18-13-6-4-12(5-7-13)15-9-16(17(20)23-15)24-25(21,22)10-11-2-1-3-14(19)8-11/h1-8,15H,9-10,20H2. The number of nitrogens with two attached hydrogens (primary N) is 1. The van der Waals surface area contributed by atoms with Crippen molar-refractivity contribution < 1.29 is 21.7 Å². The molecule has 1 heterocycles. The van der Waals surface area contributed by atoms with Crippen LogP contribution in [0.4, 0.5) is 4.39 Å². The lowest BCUT2D eigenvalue weighted by atomic mass is 10.1. The number of hydrogen-bond acceptors (Lipinski definition) is 5. The Morgan fingerprint density at radius 2 is 1.96 bits per heavy atom. The van der Waals surface area contributed by atoms with Crippen molar-refractivity contribution in [1.29, 1.82) is 0 Å². The van der Waals surface area contributed by atoms with Crippen LogP contribution in [-0.4, -0.2) is 8.42 Å². The molecule has 2 aromatic rings. The highest BCUT2D eigenvalue weighted by Gasteiger charge is 2.30. The highest BCUT2D eigenvalue weighted by atomic mass is 35.5. The van der Waals surface area contributed by atoms with Gasteiger partial charge in [-0.15, -0.1) is 0 Å². The van der Waals surface area contributed by atoms with Gasteiger partial charge in [-0.25, -0.2) is 4.39 Å². The van der Waals surface area contributed by atoms with Gasteiger partial charge in [0.25, 0.3) is 0 Å². The van der Waals surface area contributed by atoms with Crippen molar-refractivity contribution in [1.82, 2.24) is 0 Å². The summed E-state index contributed by atoms with van der Waals surface area (Å²) in [5.41, 5.74) is 6.83. The highest BCUT2D eigenvalue weighted by molar-refractivity contribution is 7.86. The molecule has 132 valence electrons. The Morgan fingerprint density at radius 3 is 2.64 bits per heavy atom. The smallest absolute Gasteiger partial charge is 0.313 e. The lowest BCUT2D eigenvalue weighted by Gasteiger charge is -2.11. The van der Waals surface area contributed by atoms with Crippen LogP contribution in [0.15, 0.2) is 60.2 Å². The summed E-state index contributed by atoms with van der Waals surface area (Å²) in [7, 11) is -3.99. The molecule has 0 saturated heterocycles. The number of benzene rings is 2. The molecule has 0 fully saturated rings. The maximum atomic E-state index is 13.2. The first-order chi connectivity index (χ1) is 11.8. The van der Waals surface area contributed by atoms with Gasteiger partial charge in [-0.05, 0) is 35.4 Å². The summed E-state index contributed by atoms with van der Waals surface area (Å²) in [6, 6.07) is 12.3. The van der Waals surface area contributed by atoms with Crippen LogP contribution in [0.25, 0.3) is 0 Å². The van der Waals surface area contributed by atoms with Crippen LogP contribution in [-0.2, 0) is 24.8 Å². The lowest BCUT2D eigenvalue weighted by Crippen LogP contribution is -2.11. The summed E-state index contributed by atoms with van der Waals surface area (Å²) < 4.78 is 48.1. The van der Waals surface area contributed by atoms with Crippen molar-refractivity contribution in [3.8, 4) is 0 Å². The molecule has 0 radical (unpaired) electrons. The maximum absolute atomic E-state index is 13.2. The minimum absolute atomic E-state index is 0.0383. The second-order valence-electron chi connectivity index (χ2n) is 5.56. The van der Waals surface area contributed by atoms with Crippen LogP contribution < -0.4 is 5.73 Å². The molecule has 0 saturated carbocycles. The molecule has 25 heavy (non-hydrogen) atoms. The second kappa shape index (κ2) is 6.93. The molecule has 1 aliphatic heterocycles. The fraction of sp³-hybridized carbons (Fsp3) is 0.176. The van der Waals surface area contributed by atoms with Crippen molar-refractivity contribution in [2.45, 2.75) is 18.3 Å². The van der Waals surface area contributed by atoms with E-state index < -0.39 is 27.8 Å². The molecule has 0 bridgehead atoms. The van der Waals surface area contributed by atoms with E-state index in [9.17, 15) is 12.8 Å². The van der Waals surface area contributed by atoms with E-state index in [2.05, 4.69) is 0 Å². The van der Waals surface area contributed by atoms with E-state index in [1.807, 2.05) is 0 Å². The highest BCUT2D eigenvalue weighted by Crippen LogP contribution is 2.36. The van der Waals surface area contributed by atoms with E-state index in [-0.39, 0.29) is 23.6 Å². The average Bonchev–Trinajstić information content (AvgIpc) is 2.87. The van der Waals surface area contributed by atoms with Crippen molar-refractivity contribution in [3.05, 3.63) is 82.1 Å². The first-order valence-corrected chi connectivity index (χ1v) is 9.35. The predicted molar refractivity (Wildman–Crippen MR) is 91.2 cm³/mol. The van der Waals surface area contributed by atoms with Crippen LogP contribution in [0, 0.1) is 5.82 Å². The summed E-state index contributed by atoms with van der Waals surface area (Å²) in [6.45, 7) is 0. The van der Waals surface area contributed by atoms with E-state index in [4.69, 9.17) is 26.3 Å². The van der Waals surface area contributed by atoms with Crippen LogP contribution in [0.1, 0.15) is 23.7 Å². The van der Waals surface area contributed by atoms with Crippen LogP contribution >= 0.6 is 11.6 Å². The fourth-order valence-electron chi connectivity index (χ4n) is 2.48. The molecule has 1 unspecified atom stereocenters. The lowest BCUT2D eigenvalue weighted by molar-refractivity contribution is 0.143. The Balaban J connectivity index is 1.69. The molecule has 0 aromatic heterocycles. The topological polar surface area (TPSA) is 78.6 Å². The Hall–Kier alpha value is -2.25. The first-order valence-electron chi connectivity index (χ1n) is 7.40.